The maximum Gasteiger partial charge on any atom is 0.264 e. The molecule has 3 aromatic carbocycles. The van der Waals surface area contributed by atoms with Gasteiger partial charge in [0.2, 0.25) is 11.8 Å². The van der Waals surface area contributed by atoms with Crippen molar-refractivity contribution >= 4 is 27.5 Å². The zero-order valence-electron chi connectivity index (χ0n) is 23.5. The second-order valence-corrected chi connectivity index (χ2v) is 12.0. The number of nitrogens with one attached hydrogen (secondary N) is 1. The molecule has 9 heteroatoms. The first-order valence-electron chi connectivity index (χ1n) is 13.5. The second kappa shape index (κ2) is 14.1. The van der Waals surface area contributed by atoms with Crippen LogP contribution in [0.3, 0.4) is 0 Å². The third-order valence-electron chi connectivity index (χ3n) is 6.56. The summed E-state index contributed by atoms with van der Waals surface area (Å²) in [6.45, 7) is 7.85. The van der Waals surface area contributed by atoms with Crippen molar-refractivity contribution in [3.05, 3.63) is 95.8 Å². The molecule has 40 heavy (non-hydrogen) atoms. The van der Waals surface area contributed by atoms with Crippen LogP contribution in [-0.2, 0) is 26.0 Å². The Morgan fingerprint density at radius 2 is 1.55 bits per heavy atom. The summed E-state index contributed by atoms with van der Waals surface area (Å²) in [7, 11) is -4.23. The summed E-state index contributed by atoms with van der Waals surface area (Å²) in [6.07, 6.45) is 0.857. The van der Waals surface area contributed by atoms with Crippen LogP contribution < -0.4 is 9.62 Å². The normalized spacial score (nSPS) is 12.2. The minimum absolute atomic E-state index is 0.139. The van der Waals surface area contributed by atoms with Crippen molar-refractivity contribution in [2.45, 2.75) is 51.5 Å². The van der Waals surface area contributed by atoms with Crippen molar-refractivity contribution in [2.24, 2.45) is 5.92 Å². The van der Waals surface area contributed by atoms with Gasteiger partial charge in [0.15, 0.2) is 0 Å². The van der Waals surface area contributed by atoms with E-state index in [-0.39, 0.29) is 23.3 Å². The van der Waals surface area contributed by atoms with Crippen LogP contribution in [0.2, 0.25) is 0 Å². The lowest BCUT2D eigenvalue weighted by atomic mass is 10.1. The van der Waals surface area contributed by atoms with E-state index < -0.39 is 34.3 Å². The fraction of sp³-hybridized carbons (Fsp3) is 0.355. The minimum Gasteiger partial charge on any atom is -0.354 e. The van der Waals surface area contributed by atoms with Crippen molar-refractivity contribution < 1.29 is 22.4 Å². The minimum atomic E-state index is -4.23. The van der Waals surface area contributed by atoms with Crippen LogP contribution in [0.1, 0.15) is 38.3 Å². The van der Waals surface area contributed by atoms with Crippen LogP contribution in [-0.4, -0.2) is 50.8 Å². The molecule has 1 atom stereocenters. The predicted octanol–water partition coefficient (Wildman–Crippen LogP) is 4.95. The van der Waals surface area contributed by atoms with Gasteiger partial charge < -0.3 is 10.2 Å². The number of hydrogen-bond acceptors (Lipinski definition) is 4. The Labute approximate surface area is 237 Å². The van der Waals surface area contributed by atoms with Gasteiger partial charge >= 0.3 is 0 Å². The van der Waals surface area contributed by atoms with E-state index in [1.165, 1.54) is 17.0 Å². The second-order valence-electron chi connectivity index (χ2n) is 10.2. The molecule has 0 aliphatic carbocycles. The van der Waals surface area contributed by atoms with Crippen LogP contribution in [0.4, 0.5) is 10.1 Å². The van der Waals surface area contributed by atoms with Gasteiger partial charge in [-0.25, -0.2) is 12.8 Å². The maximum atomic E-state index is 14.0. The smallest absolute Gasteiger partial charge is 0.264 e. The van der Waals surface area contributed by atoms with Gasteiger partial charge in [0.25, 0.3) is 10.0 Å². The van der Waals surface area contributed by atoms with Crippen LogP contribution in [0.5, 0.6) is 0 Å². The quantitative estimate of drug-likeness (QED) is 0.317. The lowest BCUT2D eigenvalue weighted by Crippen LogP contribution is -2.53. The topological polar surface area (TPSA) is 86.8 Å². The lowest BCUT2D eigenvalue weighted by molar-refractivity contribution is -0.139. The third-order valence-corrected chi connectivity index (χ3v) is 8.35. The number of sulfonamides is 1. The molecular weight excluding hydrogens is 529 g/mol. The molecule has 0 bridgehead atoms. The molecule has 0 heterocycles. The highest BCUT2D eigenvalue weighted by Gasteiger charge is 2.33. The zero-order chi connectivity index (χ0) is 29.3. The van der Waals surface area contributed by atoms with Crippen molar-refractivity contribution in [3.63, 3.8) is 0 Å². The predicted molar refractivity (Wildman–Crippen MR) is 156 cm³/mol. The van der Waals surface area contributed by atoms with Crippen LogP contribution >= 0.6 is 0 Å². The first kappa shape index (κ1) is 30.8. The number of anilines is 1. The van der Waals surface area contributed by atoms with E-state index in [4.69, 9.17) is 0 Å². The largest absolute Gasteiger partial charge is 0.354 e. The Balaban J connectivity index is 1.99. The van der Waals surface area contributed by atoms with Crippen LogP contribution in [0.15, 0.2) is 83.8 Å². The monoisotopic (exact) mass is 567 g/mol. The van der Waals surface area contributed by atoms with Gasteiger partial charge in [-0.1, -0.05) is 68.8 Å². The van der Waals surface area contributed by atoms with E-state index >= 15 is 0 Å². The van der Waals surface area contributed by atoms with Gasteiger partial charge in [0, 0.05) is 13.1 Å². The van der Waals surface area contributed by atoms with Gasteiger partial charge in [0.1, 0.15) is 18.4 Å². The molecule has 1 N–H and O–H groups in total. The molecule has 0 aliphatic rings. The molecule has 0 fully saturated rings. The van der Waals surface area contributed by atoms with Gasteiger partial charge in [-0.3, -0.25) is 13.9 Å². The van der Waals surface area contributed by atoms with E-state index in [1.807, 2.05) is 58.0 Å². The maximum absolute atomic E-state index is 14.0. The summed E-state index contributed by atoms with van der Waals surface area (Å²) in [4.78, 5) is 28.5. The van der Waals surface area contributed by atoms with Gasteiger partial charge in [-0.15, -0.1) is 0 Å². The van der Waals surface area contributed by atoms with Gasteiger partial charge in [-0.05, 0) is 67.6 Å². The van der Waals surface area contributed by atoms with Crippen LogP contribution in [0, 0.1) is 18.7 Å². The highest BCUT2D eigenvalue weighted by Crippen LogP contribution is 2.25. The molecule has 3 rings (SSSR count). The SMILES string of the molecule is CC[C@H](C(=O)NCC(C)C)N(CCc1ccccc1)C(=O)CN(c1ccc(C)cc1)S(=O)(=O)c1ccc(F)cc1. The lowest BCUT2D eigenvalue weighted by Gasteiger charge is -2.33. The molecular formula is C31H38FN3O4S. The molecule has 0 aliphatic heterocycles. The third kappa shape index (κ3) is 8.14. The summed E-state index contributed by atoms with van der Waals surface area (Å²) in [5.74, 6) is -1.12. The molecule has 0 aromatic heterocycles. The van der Waals surface area contributed by atoms with E-state index in [9.17, 15) is 22.4 Å². The van der Waals surface area contributed by atoms with Crippen molar-refractivity contribution in [3.8, 4) is 0 Å². The number of halogens is 1. The average molecular weight is 568 g/mol. The number of benzene rings is 3. The molecule has 0 unspecified atom stereocenters. The highest BCUT2D eigenvalue weighted by atomic mass is 32.2. The number of amides is 2. The first-order valence-corrected chi connectivity index (χ1v) is 14.9. The number of hydrogen-bond donors (Lipinski definition) is 1. The average Bonchev–Trinajstić information content (AvgIpc) is 2.93. The fourth-order valence-electron chi connectivity index (χ4n) is 4.29. The van der Waals surface area contributed by atoms with Crippen molar-refractivity contribution in [1.29, 1.82) is 0 Å². The van der Waals surface area contributed by atoms with Crippen molar-refractivity contribution in [2.75, 3.05) is 23.9 Å². The van der Waals surface area contributed by atoms with Gasteiger partial charge in [-0.2, -0.15) is 0 Å². The molecule has 2 amide bonds. The van der Waals surface area contributed by atoms with Gasteiger partial charge in [0.05, 0.1) is 10.6 Å². The Hall–Kier alpha value is -3.72. The first-order chi connectivity index (χ1) is 19.0. The van der Waals surface area contributed by atoms with Crippen LogP contribution in [0.25, 0.3) is 0 Å². The molecule has 0 spiro atoms. The molecule has 0 saturated carbocycles. The van der Waals surface area contributed by atoms with E-state index in [1.54, 1.807) is 24.3 Å². The fourth-order valence-corrected chi connectivity index (χ4v) is 5.71. The molecule has 214 valence electrons. The number of rotatable bonds is 13. The molecule has 3 aromatic rings. The van der Waals surface area contributed by atoms with E-state index in [2.05, 4.69) is 5.32 Å². The highest BCUT2D eigenvalue weighted by molar-refractivity contribution is 7.92. The summed E-state index contributed by atoms with van der Waals surface area (Å²) in [6, 6.07) is 20.1. The Morgan fingerprint density at radius 1 is 0.925 bits per heavy atom. The molecule has 0 saturated heterocycles. The number of nitrogens with zero attached hydrogens (tertiary/aromatic N) is 2. The Morgan fingerprint density at radius 3 is 2.12 bits per heavy atom. The molecule has 7 nitrogen and oxygen atoms in total. The summed E-state index contributed by atoms with van der Waals surface area (Å²) >= 11 is 0. The number of carbonyl (C=O) groups excluding carboxylic acids is 2. The summed E-state index contributed by atoms with van der Waals surface area (Å²) in [5.41, 5.74) is 2.21. The Kier molecular flexibility index (Phi) is 10.8. The molecule has 0 radical (unpaired) electrons. The number of aryl methyl sites for hydroxylation is 1. The van der Waals surface area contributed by atoms with E-state index in [0.29, 0.717) is 25.1 Å². The summed E-state index contributed by atoms with van der Waals surface area (Å²) in [5, 5.41) is 2.92. The van der Waals surface area contributed by atoms with E-state index in [0.717, 1.165) is 27.6 Å². The zero-order valence-corrected chi connectivity index (χ0v) is 24.3. The Bertz CT molecular complexity index is 1360. The number of carbonyl (C=O) groups is 2. The van der Waals surface area contributed by atoms with Crippen molar-refractivity contribution in [1.82, 2.24) is 10.2 Å². The summed E-state index contributed by atoms with van der Waals surface area (Å²) < 4.78 is 42.2. The standard InChI is InChI=1S/C31H38FN3O4S/c1-5-29(31(37)33-21-23(2)3)34(20-19-25-9-7-6-8-10-25)30(36)22-35(27-15-11-24(4)12-16-27)40(38,39)28-17-13-26(32)14-18-28/h6-18,23,29H,5,19-22H2,1-4H3,(H,33,37)/t29-/m1/s1.